The van der Waals surface area contributed by atoms with E-state index in [9.17, 15) is 19.2 Å². The van der Waals surface area contributed by atoms with Gasteiger partial charge in [0.15, 0.2) is 5.78 Å². The number of Topliss-reactive ketones (excluding diaryl/α,β-unsaturated/α-hetero) is 1. The van der Waals surface area contributed by atoms with E-state index in [1.807, 2.05) is 36.4 Å². The Morgan fingerprint density at radius 2 is 1.21 bits per heavy atom. The number of hydrogen-bond donors (Lipinski definition) is 3. The lowest BCUT2D eigenvalue weighted by molar-refractivity contribution is -0.131. The quantitative estimate of drug-likeness (QED) is 0.571. The van der Waals surface area contributed by atoms with Crippen molar-refractivity contribution in [1.82, 2.24) is 16.0 Å². The van der Waals surface area contributed by atoms with Crippen LogP contribution < -0.4 is 16.0 Å². The maximum Gasteiger partial charge on any atom is 0.407 e. The van der Waals surface area contributed by atoms with E-state index < -0.39 is 36.0 Å². The summed E-state index contributed by atoms with van der Waals surface area (Å²) in [5, 5.41) is 7.53. The van der Waals surface area contributed by atoms with Gasteiger partial charge in [0.2, 0.25) is 11.8 Å². The fourth-order valence-corrected chi connectivity index (χ4v) is 3.73. The van der Waals surface area contributed by atoms with Crippen LogP contribution in [0.1, 0.15) is 44.7 Å². The molecule has 3 N–H and O–H groups in total. The van der Waals surface area contributed by atoms with Crippen LogP contribution in [0, 0.1) is 0 Å². The van der Waals surface area contributed by atoms with Crippen LogP contribution in [-0.2, 0) is 19.1 Å². The van der Waals surface area contributed by atoms with Crippen LogP contribution in [0.15, 0.2) is 48.5 Å². The summed E-state index contributed by atoms with van der Waals surface area (Å²) in [5.74, 6) is -1.30. The first-order chi connectivity index (χ1) is 15.7. The predicted molar refractivity (Wildman–Crippen MR) is 124 cm³/mol. The molecule has 0 aromatic heterocycles. The fourth-order valence-electron chi connectivity index (χ4n) is 3.73. The van der Waals surface area contributed by atoms with Gasteiger partial charge in [0, 0.05) is 5.92 Å². The summed E-state index contributed by atoms with van der Waals surface area (Å²) >= 11 is 0. The molecule has 2 aromatic carbocycles. The van der Waals surface area contributed by atoms with Crippen LogP contribution in [0.25, 0.3) is 11.1 Å². The minimum Gasteiger partial charge on any atom is -0.449 e. The molecule has 3 unspecified atom stereocenters. The van der Waals surface area contributed by atoms with Gasteiger partial charge < -0.3 is 20.7 Å². The molecule has 0 radical (unpaired) electrons. The normalized spacial score (nSPS) is 14.8. The number of ether oxygens (including phenoxy) is 1. The van der Waals surface area contributed by atoms with Crippen LogP contribution in [0.5, 0.6) is 0 Å². The average molecular weight is 452 g/mol. The second kappa shape index (κ2) is 10.3. The standard InChI is InChI=1S/C25H29N3O5/c1-14(17(4)29)26-23(30)15(2)27-24(31)16(3)28-25(32)33-13-22-20-11-7-5-9-18(20)19-10-6-8-12-21(19)22/h5-12,14-16,22H,13H2,1-4H3,(H,26,30)(H,27,31)(H,28,32). The van der Waals surface area contributed by atoms with Gasteiger partial charge in [-0.05, 0) is 49.9 Å². The molecule has 1 aliphatic rings. The summed E-state index contributed by atoms with van der Waals surface area (Å²) in [6, 6.07) is 13.6. The average Bonchev–Trinajstić information content (AvgIpc) is 3.11. The highest BCUT2D eigenvalue weighted by atomic mass is 16.5. The van der Waals surface area contributed by atoms with Crippen molar-refractivity contribution < 1.29 is 23.9 Å². The molecule has 0 saturated carbocycles. The third kappa shape index (κ3) is 5.58. The van der Waals surface area contributed by atoms with E-state index in [1.54, 1.807) is 6.92 Å². The predicted octanol–water partition coefficient (Wildman–Crippen LogP) is 2.51. The molecule has 2 aromatic rings. The number of amides is 3. The summed E-state index contributed by atoms with van der Waals surface area (Å²) < 4.78 is 5.45. The first-order valence-electron chi connectivity index (χ1n) is 10.9. The topological polar surface area (TPSA) is 114 Å². The fraction of sp³-hybridized carbons (Fsp3) is 0.360. The number of carbonyl (C=O) groups is 4. The first-order valence-corrected chi connectivity index (χ1v) is 10.9. The largest absolute Gasteiger partial charge is 0.449 e. The molecular weight excluding hydrogens is 422 g/mol. The van der Waals surface area contributed by atoms with Crippen molar-refractivity contribution in [3.8, 4) is 11.1 Å². The minimum absolute atomic E-state index is 0.0840. The number of fused-ring (bicyclic) bond motifs is 3. The van der Waals surface area contributed by atoms with Gasteiger partial charge in [0.05, 0.1) is 6.04 Å². The molecule has 3 rings (SSSR count). The molecule has 0 bridgehead atoms. The monoisotopic (exact) mass is 451 g/mol. The van der Waals surface area contributed by atoms with Gasteiger partial charge in [-0.2, -0.15) is 0 Å². The van der Waals surface area contributed by atoms with E-state index >= 15 is 0 Å². The van der Waals surface area contributed by atoms with Gasteiger partial charge in [-0.1, -0.05) is 48.5 Å². The Hall–Kier alpha value is -3.68. The molecule has 1 aliphatic carbocycles. The van der Waals surface area contributed by atoms with Gasteiger partial charge in [-0.3, -0.25) is 14.4 Å². The van der Waals surface area contributed by atoms with Crippen molar-refractivity contribution >= 4 is 23.7 Å². The Bertz CT molecular complexity index is 1020. The second-order valence-electron chi connectivity index (χ2n) is 8.26. The van der Waals surface area contributed by atoms with Crippen molar-refractivity contribution in [3.05, 3.63) is 59.7 Å². The Morgan fingerprint density at radius 1 is 0.758 bits per heavy atom. The first kappa shape index (κ1) is 24.0. The smallest absolute Gasteiger partial charge is 0.407 e. The molecule has 33 heavy (non-hydrogen) atoms. The van der Waals surface area contributed by atoms with Crippen molar-refractivity contribution in [3.63, 3.8) is 0 Å². The molecule has 3 amide bonds. The molecule has 0 spiro atoms. The van der Waals surface area contributed by atoms with Gasteiger partial charge in [-0.15, -0.1) is 0 Å². The van der Waals surface area contributed by atoms with E-state index in [1.165, 1.54) is 20.8 Å². The number of nitrogens with one attached hydrogen (secondary N) is 3. The second-order valence-corrected chi connectivity index (χ2v) is 8.26. The summed E-state index contributed by atoms with van der Waals surface area (Å²) in [5.41, 5.74) is 4.44. The van der Waals surface area contributed by atoms with E-state index in [-0.39, 0.29) is 18.3 Å². The highest BCUT2D eigenvalue weighted by Gasteiger charge is 2.29. The molecular formula is C25H29N3O5. The lowest BCUT2D eigenvalue weighted by Gasteiger charge is -2.20. The van der Waals surface area contributed by atoms with Crippen molar-refractivity contribution in [1.29, 1.82) is 0 Å². The lowest BCUT2D eigenvalue weighted by atomic mass is 9.98. The van der Waals surface area contributed by atoms with Crippen LogP contribution in [0.3, 0.4) is 0 Å². The van der Waals surface area contributed by atoms with Crippen LogP contribution in [-0.4, -0.2) is 48.4 Å². The third-order valence-electron chi connectivity index (χ3n) is 5.79. The zero-order valence-corrected chi connectivity index (χ0v) is 19.2. The highest BCUT2D eigenvalue weighted by Crippen LogP contribution is 2.44. The van der Waals surface area contributed by atoms with Crippen LogP contribution in [0.2, 0.25) is 0 Å². The number of hydrogen-bond acceptors (Lipinski definition) is 5. The minimum atomic E-state index is -0.916. The van der Waals surface area contributed by atoms with Gasteiger partial charge in [-0.25, -0.2) is 4.79 Å². The molecule has 0 aliphatic heterocycles. The zero-order valence-electron chi connectivity index (χ0n) is 19.2. The van der Waals surface area contributed by atoms with Crippen molar-refractivity contribution in [2.45, 2.75) is 51.7 Å². The molecule has 8 nitrogen and oxygen atoms in total. The Balaban J connectivity index is 1.52. The maximum absolute atomic E-state index is 12.4. The van der Waals surface area contributed by atoms with Crippen molar-refractivity contribution in [2.24, 2.45) is 0 Å². The summed E-state index contributed by atoms with van der Waals surface area (Å²) in [7, 11) is 0. The molecule has 0 saturated heterocycles. The number of alkyl carbamates (subject to hydrolysis) is 1. The van der Waals surface area contributed by atoms with Crippen LogP contribution >= 0.6 is 0 Å². The number of rotatable bonds is 8. The van der Waals surface area contributed by atoms with E-state index in [0.717, 1.165) is 22.3 Å². The molecule has 8 heteroatoms. The van der Waals surface area contributed by atoms with Gasteiger partial charge in [0.1, 0.15) is 18.7 Å². The summed E-state index contributed by atoms with van der Waals surface area (Å²) in [6.45, 7) is 6.07. The molecule has 174 valence electrons. The van der Waals surface area contributed by atoms with Crippen molar-refractivity contribution in [2.75, 3.05) is 6.61 Å². The summed E-state index contributed by atoms with van der Waals surface area (Å²) in [4.78, 5) is 48.1. The summed E-state index contributed by atoms with van der Waals surface area (Å²) in [6.07, 6.45) is -0.721. The van der Waals surface area contributed by atoms with Crippen LogP contribution in [0.4, 0.5) is 4.79 Å². The number of carbonyl (C=O) groups excluding carboxylic acids is 4. The Labute approximate surface area is 193 Å². The van der Waals surface area contributed by atoms with Gasteiger partial charge >= 0.3 is 6.09 Å². The Morgan fingerprint density at radius 3 is 1.73 bits per heavy atom. The third-order valence-corrected chi connectivity index (χ3v) is 5.79. The molecule has 3 atom stereocenters. The zero-order chi connectivity index (χ0) is 24.1. The van der Waals surface area contributed by atoms with E-state index in [2.05, 4.69) is 28.1 Å². The molecule has 0 heterocycles. The molecule has 0 fully saturated rings. The van der Waals surface area contributed by atoms with Gasteiger partial charge in [0.25, 0.3) is 0 Å². The van der Waals surface area contributed by atoms with E-state index in [4.69, 9.17) is 4.74 Å². The highest BCUT2D eigenvalue weighted by molar-refractivity contribution is 5.93. The number of benzene rings is 2. The Kier molecular flexibility index (Phi) is 7.48. The lowest BCUT2D eigenvalue weighted by Crippen LogP contribution is -2.53. The van der Waals surface area contributed by atoms with E-state index in [0.29, 0.717) is 0 Å². The maximum atomic E-state index is 12.4. The number of ketones is 1. The SMILES string of the molecule is CC(=O)C(C)NC(=O)C(C)NC(=O)C(C)NC(=O)OCC1c2ccccc2-c2ccccc21.